The van der Waals surface area contributed by atoms with Gasteiger partial charge in [0.1, 0.15) is 5.82 Å². The van der Waals surface area contributed by atoms with Gasteiger partial charge in [0.05, 0.1) is 11.9 Å². The van der Waals surface area contributed by atoms with Crippen LogP contribution >= 0.6 is 35.0 Å². The third-order valence-corrected chi connectivity index (χ3v) is 6.91. The van der Waals surface area contributed by atoms with Crippen molar-refractivity contribution in [1.29, 1.82) is 0 Å². The number of thioether (sulfide) groups is 1. The van der Waals surface area contributed by atoms with Crippen molar-refractivity contribution < 1.29 is 17.6 Å². The van der Waals surface area contributed by atoms with E-state index in [4.69, 9.17) is 23.2 Å². The lowest BCUT2D eigenvalue weighted by atomic mass is 10.2. The highest BCUT2D eigenvalue weighted by atomic mass is 35.5. The van der Waals surface area contributed by atoms with E-state index >= 15 is 0 Å². The molecule has 0 unspecified atom stereocenters. The Morgan fingerprint density at radius 2 is 1.93 bits per heavy atom. The topological polar surface area (TPSA) is 66.5 Å². The molecule has 0 bridgehead atoms. The minimum atomic E-state index is -3.49. The summed E-state index contributed by atoms with van der Waals surface area (Å²) in [5.74, 6) is 0.520. The lowest BCUT2D eigenvalue weighted by molar-refractivity contribution is -0.121. The van der Waals surface area contributed by atoms with Crippen molar-refractivity contribution in [1.82, 2.24) is 5.32 Å². The molecule has 0 aliphatic heterocycles. The first kappa shape index (κ1) is 24.8. The Morgan fingerprint density at radius 3 is 2.60 bits per heavy atom. The van der Waals surface area contributed by atoms with Crippen molar-refractivity contribution in [2.45, 2.75) is 18.6 Å². The standard InChI is InChI=1S/C20H23Cl2FN2O3S2/c1-30(27,28)25(16-6-2-5-15(21)13-16)11-4-9-20(26)24-10-12-29-14-17-18(22)7-3-8-19(17)23/h2-3,5-8,13H,4,9-12,14H2,1H3,(H,24,26). The molecule has 1 amide bonds. The van der Waals surface area contributed by atoms with E-state index in [1.807, 2.05) is 0 Å². The van der Waals surface area contributed by atoms with Crippen LogP contribution in [0.1, 0.15) is 18.4 Å². The van der Waals surface area contributed by atoms with Gasteiger partial charge in [-0.05, 0) is 36.8 Å². The van der Waals surface area contributed by atoms with Gasteiger partial charge in [0.2, 0.25) is 15.9 Å². The highest BCUT2D eigenvalue weighted by Crippen LogP contribution is 2.24. The fraction of sp³-hybridized carbons (Fsp3) is 0.350. The average Bonchev–Trinajstić information content (AvgIpc) is 2.66. The largest absolute Gasteiger partial charge is 0.355 e. The Balaban J connectivity index is 1.72. The number of hydrogen-bond donors (Lipinski definition) is 1. The predicted molar refractivity (Wildman–Crippen MR) is 123 cm³/mol. The van der Waals surface area contributed by atoms with Crippen molar-refractivity contribution in [3.63, 3.8) is 0 Å². The van der Waals surface area contributed by atoms with Gasteiger partial charge in [-0.3, -0.25) is 9.10 Å². The maximum atomic E-state index is 13.7. The fourth-order valence-electron chi connectivity index (χ4n) is 2.70. The van der Waals surface area contributed by atoms with Gasteiger partial charge in [-0.15, -0.1) is 0 Å². The zero-order valence-electron chi connectivity index (χ0n) is 16.4. The summed E-state index contributed by atoms with van der Waals surface area (Å²) < 4.78 is 39.1. The zero-order valence-corrected chi connectivity index (χ0v) is 19.6. The van der Waals surface area contributed by atoms with Crippen molar-refractivity contribution in [2.75, 3.05) is 29.4 Å². The second-order valence-electron chi connectivity index (χ2n) is 6.52. The molecule has 0 aromatic heterocycles. The molecular formula is C20H23Cl2FN2O3S2. The van der Waals surface area contributed by atoms with E-state index < -0.39 is 10.0 Å². The Morgan fingerprint density at radius 1 is 1.20 bits per heavy atom. The monoisotopic (exact) mass is 492 g/mol. The molecule has 2 aromatic rings. The van der Waals surface area contributed by atoms with E-state index in [0.717, 1.165) is 6.26 Å². The SMILES string of the molecule is CS(=O)(=O)N(CCCC(=O)NCCSCc1c(F)cccc1Cl)c1cccc(Cl)c1. The normalized spacial score (nSPS) is 11.3. The minimum Gasteiger partial charge on any atom is -0.355 e. The molecule has 0 heterocycles. The lowest BCUT2D eigenvalue weighted by Crippen LogP contribution is -2.32. The Labute approximate surface area is 191 Å². The molecule has 30 heavy (non-hydrogen) atoms. The predicted octanol–water partition coefficient (Wildman–Crippen LogP) is 4.73. The van der Waals surface area contributed by atoms with Crippen molar-refractivity contribution >= 4 is 56.6 Å². The van der Waals surface area contributed by atoms with Gasteiger partial charge >= 0.3 is 0 Å². The molecular weight excluding hydrogens is 470 g/mol. The maximum absolute atomic E-state index is 13.7. The number of carbonyl (C=O) groups excluding carboxylic acids is 1. The molecule has 1 N–H and O–H groups in total. The van der Waals surface area contributed by atoms with Crippen LogP contribution in [-0.4, -0.2) is 39.4 Å². The molecule has 2 aromatic carbocycles. The van der Waals surface area contributed by atoms with Crippen molar-refractivity contribution in [3.05, 3.63) is 63.9 Å². The highest BCUT2D eigenvalue weighted by molar-refractivity contribution is 7.98. The Bertz CT molecular complexity index is 954. The van der Waals surface area contributed by atoms with Gasteiger partial charge in [0.15, 0.2) is 0 Å². The molecule has 2 rings (SSSR count). The van der Waals surface area contributed by atoms with Gasteiger partial charge in [-0.1, -0.05) is 35.3 Å². The van der Waals surface area contributed by atoms with Crippen molar-refractivity contribution in [2.24, 2.45) is 0 Å². The number of sulfonamides is 1. The number of anilines is 1. The maximum Gasteiger partial charge on any atom is 0.232 e. The van der Waals surface area contributed by atoms with Gasteiger partial charge in [0.25, 0.3) is 0 Å². The second-order valence-corrected chi connectivity index (χ2v) is 10.4. The molecule has 0 aliphatic carbocycles. The van der Waals surface area contributed by atoms with Crippen LogP contribution in [-0.2, 0) is 20.6 Å². The average molecular weight is 493 g/mol. The summed E-state index contributed by atoms with van der Waals surface area (Å²) in [6.07, 6.45) is 1.67. The first-order valence-corrected chi connectivity index (χ1v) is 12.9. The summed E-state index contributed by atoms with van der Waals surface area (Å²) in [4.78, 5) is 12.0. The summed E-state index contributed by atoms with van der Waals surface area (Å²) in [7, 11) is -3.49. The van der Waals surface area contributed by atoms with E-state index in [2.05, 4.69) is 5.32 Å². The third kappa shape index (κ3) is 7.98. The number of carbonyl (C=O) groups is 1. The van der Waals surface area contributed by atoms with Gasteiger partial charge in [-0.25, -0.2) is 12.8 Å². The van der Waals surface area contributed by atoms with Crippen LogP contribution in [0.3, 0.4) is 0 Å². The molecule has 0 saturated carbocycles. The molecule has 0 aliphatic rings. The van der Waals surface area contributed by atoms with Gasteiger partial charge < -0.3 is 5.32 Å². The molecule has 0 radical (unpaired) electrons. The first-order chi connectivity index (χ1) is 14.2. The summed E-state index contributed by atoms with van der Waals surface area (Å²) in [5.41, 5.74) is 0.922. The second kappa shape index (κ2) is 11.8. The number of halogens is 3. The number of rotatable bonds is 11. The minimum absolute atomic E-state index is 0.168. The molecule has 0 fully saturated rings. The van der Waals surface area contributed by atoms with E-state index in [1.165, 1.54) is 22.1 Å². The van der Waals surface area contributed by atoms with Crippen LogP contribution in [0.5, 0.6) is 0 Å². The molecule has 0 spiro atoms. The lowest BCUT2D eigenvalue weighted by Gasteiger charge is -2.22. The number of amides is 1. The summed E-state index contributed by atoms with van der Waals surface area (Å²) in [6.45, 7) is 0.604. The van der Waals surface area contributed by atoms with Crippen LogP contribution in [0.2, 0.25) is 10.0 Å². The molecule has 0 atom stereocenters. The molecule has 164 valence electrons. The van der Waals surface area contributed by atoms with Crippen LogP contribution in [0.15, 0.2) is 42.5 Å². The zero-order chi connectivity index (χ0) is 22.1. The summed E-state index contributed by atoms with van der Waals surface area (Å²) in [6, 6.07) is 11.1. The number of nitrogens with zero attached hydrogens (tertiary/aromatic N) is 1. The van der Waals surface area contributed by atoms with Gasteiger partial charge in [0, 0.05) is 46.6 Å². The van der Waals surface area contributed by atoms with E-state index in [-0.39, 0.29) is 24.7 Å². The van der Waals surface area contributed by atoms with Crippen molar-refractivity contribution in [3.8, 4) is 0 Å². The molecule has 10 heteroatoms. The van der Waals surface area contributed by atoms with E-state index in [9.17, 15) is 17.6 Å². The highest BCUT2D eigenvalue weighted by Gasteiger charge is 2.17. The number of hydrogen-bond acceptors (Lipinski definition) is 4. The van der Waals surface area contributed by atoms with Crippen LogP contribution in [0.25, 0.3) is 0 Å². The quantitative estimate of drug-likeness (QED) is 0.460. The van der Waals surface area contributed by atoms with Crippen LogP contribution in [0, 0.1) is 5.82 Å². The molecule has 0 saturated heterocycles. The van der Waals surface area contributed by atoms with E-state index in [1.54, 1.807) is 36.4 Å². The van der Waals surface area contributed by atoms with Crippen LogP contribution < -0.4 is 9.62 Å². The smallest absolute Gasteiger partial charge is 0.232 e. The summed E-state index contributed by atoms with van der Waals surface area (Å²) in [5, 5.41) is 3.61. The van der Waals surface area contributed by atoms with E-state index in [0.29, 0.717) is 45.8 Å². The Hall–Kier alpha value is -1.48. The summed E-state index contributed by atoms with van der Waals surface area (Å²) >= 11 is 13.4. The number of benzene rings is 2. The van der Waals surface area contributed by atoms with Gasteiger partial charge in [-0.2, -0.15) is 11.8 Å². The van der Waals surface area contributed by atoms with Crippen LogP contribution in [0.4, 0.5) is 10.1 Å². The number of nitrogens with one attached hydrogen (secondary N) is 1. The third-order valence-electron chi connectivity index (χ3n) is 4.14. The Kier molecular flexibility index (Phi) is 9.74. The first-order valence-electron chi connectivity index (χ1n) is 9.19. The molecule has 5 nitrogen and oxygen atoms in total. The fourth-order valence-corrected chi connectivity index (χ4v) is 5.04.